The van der Waals surface area contributed by atoms with Crippen LogP contribution in [0, 0.1) is 0 Å². The molecule has 1 atom stereocenters. The third kappa shape index (κ3) is 5.42. The van der Waals surface area contributed by atoms with Gasteiger partial charge < -0.3 is 14.4 Å². The van der Waals surface area contributed by atoms with Crippen molar-refractivity contribution < 1.29 is 18.5 Å². The second kappa shape index (κ2) is 9.50. The van der Waals surface area contributed by atoms with E-state index >= 15 is 0 Å². The van der Waals surface area contributed by atoms with Crippen molar-refractivity contribution in [1.82, 2.24) is 9.38 Å². The molecule has 1 aliphatic heterocycles. The molecule has 0 N–H and O–H groups in total. The Balaban J connectivity index is 2.22. The number of morpholine rings is 1. The van der Waals surface area contributed by atoms with Gasteiger partial charge in [0.15, 0.2) is 5.65 Å². The molecule has 10 heteroatoms. The maximum atomic E-state index is 13.0. The van der Waals surface area contributed by atoms with Crippen LogP contribution >= 0.6 is 0 Å². The van der Waals surface area contributed by atoms with Gasteiger partial charge in [0.05, 0.1) is 35.3 Å². The minimum absolute atomic E-state index is 0.195. The molecule has 3 rings (SSSR count). The molecule has 0 aromatic carbocycles. The quantitative estimate of drug-likeness (QED) is 0.496. The van der Waals surface area contributed by atoms with Crippen LogP contribution < -0.4 is 10.5 Å². The molecule has 9 nitrogen and oxygen atoms in total. The van der Waals surface area contributed by atoms with E-state index in [0.29, 0.717) is 49.0 Å². The number of carbonyl (C=O) groups is 1. The lowest BCUT2D eigenvalue weighted by molar-refractivity contribution is 0.0377. The number of pyridine rings is 1. The van der Waals surface area contributed by atoms with Crippen molar-refractivity contribution >= 4 is 34.1 Å². The first kappa shape index (κ1) is 24.1. The van der Waals surface area contributed by atoms with Crippen LogP contribution in [0.25, 0.3) is 5.65 Å². The largest absolute Gasteiger partial charge is 0.459 e. The van der Waals surface area contributed by atoms with Gasteiger partial charge in [-0.1, -0.05) is 0 Å². The number of aromatic nitrogens is 2. The van der Waals surface area contributed by atoms with E-state index in [1.54, 1.807) is 26.8 Å². The molecule has 0 saturated carbocycles. The molecule has 1 fully saturated rings. The standard InChI is InChI=1S/C22H30N4O5S/c1-14(2)31-21(28)16-11-17(15(3)24-32(29)22(4,5)6)20-23-18(12-19(27)26(20)13-16)25-7-9-30-10-8-25/h11-14H,7-10H2,1-6H3/t32-/m1/s1. The zero-order valence-electron chi connectivity index (χ0n) is 19.4. The second-order valence-corrected chi connectivity index (χ2v) is 10.8. The van der Waals surface area contributed by atoms with Gasteiger partial charge in [-0.05, 0) is 47.6 Å². The van der Waals surface area contributed by atoms with Crippen LogP contribution in [0.5, 0.6) is 0 Å². The second-order valence-electron chi connectivity index (χ2n) is 8.88. The molecular weight excluding hydrogens is 432 g/mol. The summed E-state index contributed by atoms with van der Waals surface area (Å²) in [5.41, 5.74) is 1.07. The van der Waals surface area contributed by atoms with Crippen molar-refractivity contribution in [3.8, 4) is 0 Å². The van der Waals surface area contributed by atoms with Crippen LogP contribution in [-0.2, 0) is 20.5 Å². The first-order chi connectivity index (χ1) is 15.0. The van der Waals surface area contributed by atoms with Gasteiger partial charge in [0.25, 0.3) is 5.56 Å². The van der Waals surface area contributed by atoms with Gasteiger partial charge in [-0.25, -0.2) is 14.0 Å². The summed E-state index contributed by atoms with van der Waals surface area (Å²) in [5.74, 6) is -0.0288. The summed E-state index contributed by atoms with van der Waals surface area (Å²) >= 11 is 0. The Morgan fingerprint density at radius 1 is 1.25 bits per heavy atom. The van der Waals surface area contributed by atoms with E-state index in [1.807, 2.05) is 25.7 Å². The highest BCUT2D eigenvalue weighted by Gasteiger charge is 2.22. The Morgan fingerprint density at radius 3 is 2.50 bits per heavy atom. The normalized spacial score (nSPS) is 16.5. The Bertz CT molecular complexity index is 1130. The fourth-order valence-electron chi connectivity index (χ4n) is 3.12. The average Bonchev–Trinajstić information content (AvgIpc) is 2.72. The molecule has 0 aliphatic carbocycles. The maximum Gasteiger partial charge on any atom is 0.339 e. The van der Waals surface area contributed by atoms with E-state index in [1.165, 1.54) is 16.7 Å². The number of fused-ring (bicyclic) bond motifs is 1. The molecule has 0 radical (unpaired) electrons. The predicted molar refractivity (Wildman–Crippen MR) is 125 cm³/mol. The van der Waals surface area contributed by atoms with Crippen molar-refractivity contribution in [2.75, 3.05) is 31.2 Å². The number of anilines is 1. The van der Waals surface area contributed by atoms with Crippen molar-refractivity contribution in [3.63, 3.8) is 0 Å². The number of esters is 1. The number of rotatable bonds is 5. The fourth-order valence-corrected chi connectivity index (χ4v) is 3.74. The van der Waals surface area contributed by atoms with Crippen LogP contribution in [0.4, 0.5) is 5.82 Å². The van der Waals surface area contributed by atoms with Crippen LogP contribution in [0.15, 0.2) is 27.5 Å². The average molecular weight is 463 g/mol. The fraction of sp³-hybridized carbons (Fsp3) is 0.545. The van der Waals surface area contributed by atoms with Gasteiger partial charge in [-0.15, -0.1) is 0 Å². The van der Waals surface area contributed by atoms with Crippen LogP contribution in [0.3, 0.4) is 0 Å². The summed E-state index contributed by atoms with van der Waals surface area (Å²) in [4.78, 5) is 32.3. The predicted octanol–water partition coefficient (Wildman–Crippen LogP) is 2.37. The van der Waals surface area contributed by atoms with Crippen molar-refractivity contribution in [2.24, 2.45) is 4.40 Å². The van der Waals surface area contributed by atoms with Gasteiger partial charge in [-0.3, -0.25) is 9.20 Å². The molecule has 2 aromatic rings. The zero-order chi connectivity index (χ0) is 23.6. The zero-order valence-corrected chi connectivity index (χ0v) is 20.2. The molecule has 2 aromatic heterocycles. The molecule has 0 bridgehead atoms. The van der Waals surface area contributed by atoms with Gasteiger partial charge in [0, 0.05) is 30.9 Å². The first-order valence-corrected chi connectivity index (χ1v) is 11.7. The highest BCUT2D eigenvalue weighted by Crippen LogP contribution is 2.20. The number of hydrogen-bond acceptors (Lipinski definition) is 7. The molecule has 1 saturated heterocycles. The Labute approximate surface area is 190 Å². The molecule has 1 aliphatic rings. The van der Waals surface area contributed by atoms with Gasteiger partial charge in [-0.2, -0.15) is 4.40 Å². The lowest BCUT2D eigenvalue weighted by Crippen LogP contribution is -2.37. The maximum absolute atomic E-state index is 13.0. The lowest BCUT2D eigenvalue weighted by atomic mass is 10.1. The monoisotopic (exact) mass is 462 g/mol. The summed E-state index contributed by atoms with van der Waals surface area (Å²) in [5, 5.41) is 0. The number of hydrogen-bond donors (Lipinski definition) is 0. The van der Waals surface area contributed by atoms with Crippen LogP contribution in [0.1, 0.15) is 57.5 Å². The van der Waals surface area contributed by atoms with Crippen molar-refractivity contribution in [3.05, 3.63) is 39.8 Å². The lowest BCUT2D eigenvalue weighted by Gasteiger charge is -2.28. The molecule has 0 unspecified atom stereocenters. The summed E-state index contributed by atoms with van der Waals surface area (Å²) in [6.07, 6.45) is 1.11. The van der Waals surface area contributed by atoms with Crippen molar-refractivity contribution in [1.29, 1.82) is 0 Å². The van der Waals surface area contributed by atoms with E-state index in [0.717, 1.165) is 0 Å². The Kier molecular flexibility index (Phi) is 7.14. The van der Waals surface area contributed by atoms with Gasteiger partial charge in [0.1, 0.15) is 16.8 Å². The summed E-state index contributed by atoms with van der Waals surface area (Å²) in [7, 11) is -1.52. The topological polar surface area (TPSA) is 103 Å². The van der Waals surface area contributed by atoms with Gasteiger partial charge >= 0.3 is 5.97 Å². The minimum atomic E-state index is -1.52. The van der Waals surface area contributed by atoms with E-state index < -0.39 is 21.7 Å². The molecular formula is C22H30N4O5S. The molecule has 174 valence electrons. The third-order valence-electron chi connectivity index (χ3n) is 4.79. The van der Waals surface area contributed by atoms with E-state index in [2.05, 4.69) is 4.40 Å². The molecule has 0 spiro atoms. The molecule has 32 heavy (non-hydrogen) atoms. The van der Waals surface area contributed by atoms with Crippen LogP contribution in [-0.4, -0.2) is 62.4 Å². The highest BCUT2D eigenvalue weighted by atomic mass is 32.2. The molecule has 0 amide bonds. The Morgan fingerprint density at radius 2 is 1.91 bits per heavy atom. The summed E-state index contributed by atoms with van der Waals surface area (Å²) in [6, 6.07) is 3.04. The molecule has 3 heterocycles. The van der Waals surface area contributed by atoms with E-state index in [-0.39, 0.29) is 17.2 Å². The third-order valence-corrected chi connectivity index (χ3v) is 6.28. The van der Waals surface area contributed by atoms with E-state index in [4.69, 9.17) is 14.5 Å². The first-order valence-electron chi connectivity index (χ1n) is 10.6. The van der Waals surface area contributed by atoms with Crippen LogP contribution in [0.2, 0.25) is 0 Å². The summed E-state index contributed by atoms with van der Waals surface area (Å²) < 4.78 is 28.5. The van der Waals surface area contributed by atoms with Crippen molar-refractivity contribution in [2.45, 2.75) is 52.4 Å². The minimum Gasteiger partial charge on any atom is -0.459 e. The number of ether oxygens (including phenoxy) is 2. The number of carbonyl (C=O) groups excluding carboxylic acids is 1. The highest BCUT2D eigenvalue weighted by molar-refractivity contribution is 7.85. The Hall–Kier alpha value is -2.59. The van der Waals surface area contributed by atoms with E-state index in [9.17, 15) is 13.8 Å². The van der Waals surface area contributed by atoms with Gasteiger partial charge in [0.2, 0.25) is 0 Å². The summed E-state index contributed by atoms with van der Waals surface area (Å²) in [6.45, 7) is 13.0. The SMILES string of the molecule is CC(=N[S@](=O)C(C)(C)C)c1cc(C(=O)OC(C)C)cn2c(=O)cc(N3CCOCC3)nc12. The smallest absolute Gasteiger partial charge is 0.339 e. The number of nitrogens with zero attached hydrogens (tertiary/aromatic N) is 4.